The molecule has 0 aliphatic rings. The number of aliphatic hydroxyl groups excluding tert-OH is 2. The summed E-state index contributed by atoms with van der Waals surface area (Å²) in [6.07, 6.45) is 3.15. The molecular formula is C17H24O5. The van der Waals surface area contributed by atoms with Crippen molar-refractivity contribution in [2.24, 2.45) is 5.41 Å². The van der Waals surface area contributed by atoms with E-state index in [4.69, 9.17) is 14.9 Å². The summed E-state index contributed by atoms with van der Waals surface area (Å²) in [5, 5.41) is 28.1. The highest BCUT2D eigenvalue weighted by molar-refractivity contribution is 5.79. The number of carbonyl (C=O) groups is 1. The molecule has 0 aromatic heterocycles. The van der Waals surface area contributed by atoms with Gasteiger partial charge in [0.05, 0.1) is 12.7 Å². The van der Waals surface area contributed by atoms with E-state index in [0.29, 0.717) is 24.2 Å². The van der Waals surface area contributed by atoms with Crippen LogP contribution < -0.4 is 4.74 Å². The number of aliphatic hydroxyl groups is 2. The number of carboxylic acid groups (broad SMARTS) is 1. The molecule has 0 saturated carbocycles. The summed E-state index contributed by atoms with van der Waals surface area (Å²) in [6.45, 7) is 3.93. The highest BCUT2D eigenvalue weighted by Gasteiger charge is 2.30. The number of para-hydroxylation sites is 1. The van der Waals surface area contributed by atoms with E-state index >= 15 is 0 Å². The molecule has 0 amide bonds. The van der Waals surface area contributed by atoms with Gasteiger partial charge in [0, 0.05) is 11.6 Å². The lowest BCUT2D eigenvalue weighted by molar-refractivity contribution is -0.131. The summed E-state index contributed by atoms with van der Waals surface area (Å²) in [4.78, 5) is 10.5. The summed E-state index contributed by atoms with van der Waals surface area (Å²) < 4.78 is 5.46. The number of hydrogen-bond donors (Lipinski definition) is 3. The van der Waals surface area contributed by atoms with Gasteiger partial charge in [0.15, 0.2) is 0 Å². The summed E-state index contributed by atoms with van der Waals surface area (Å²) in [5.74, 6) is -0.417. The first-order chi connectivity index (χ1) is 10.4. The first-order valence-corrected chi connectivity index (χ1v) is 7.28. The van der Waals surface area contributed by atoms with Gasteiger partial charge in [-0.15, -0.1) is 0 Å². The van der Waals surface area contributed by atoms with Crippen molar-refractivity contribution >= 4 is 5.97 Å². The van der Waals surface area contributed by atoms with E-state index in [0.717, 1.165) is 6.08 Å². The molecule has 0 saturated heterocycles. The summed E-state index contributed by atoms with van der Waals surface area (Å²) >= 11 is 0. The summed E-state index contributed by atoms with van der Waals surface area (Å²) in [5.41, 5.74) is 0.227. The van der Waals surface area contributed by atoms with Crippen molar-refractivity contribution in [1.29, 1.82) is 0 Å². The lowest BCUT2D eigenvalue weighted by Gasteiger charge is -2.31. The Hall–Kier alpha value is -1.85. The van der Waals surface area contributed by atoms with Gasteiger partial charge in [0.25, 0.3) is 0 Å². The van der Waals surface area contributed by atoms with E-state index in [9.17, 15) is 9.90 Å². The molecule has 0 radical (unpaired) electrons. The van der Waals surface area contributed by atoms with E-state index < -0.39 is 17.5 Å². The standard InChI is InChI=1S/C17H24O5/c1-17(2,10-6-5-9-15(19)20)16(21)13-7-3-4-8-14(13)22-12-11-18/h3-5,7-9,16,18,21H,6,10-12H2,1-2H3,(H,19,20)/b9-5+/t16-/m0/s1. The second kappa shape index (κ2) is 8.56. The molecular weight excluding hydrogens is 284 g/mol. The molecule has 0 heterocycles. The van der Waals surface area contributed by atoms with E-state index in [1.54, 1.807) is 18.2 Å². The van der Waals surface area contributed by atoms with Crippen LogP contribution in [-0.2, 0) is 4.79 Å². The van der Waals surface area contributed by atoms with Crippen LogP contribution in [0.5, 0.6) is 5.75 Å². The van der Waals surface area contributed by atoms with Crippen molar-refractivity contribution in [1.82, 2.24) is 0 Å². The zero-order valence-corrected chi connectivity index (χ0v) is 13.0. The second-order valence-electron chi connectivity index (χ2n) is 5.78. The van der Waals surface area contributed by atoms with Crippen molar-refractivity contribution in [2.45, 2.75) is 32.8 Å². The quantitative estimate of drug-likeness (QED) is 0.610. The van der Waals surface area contributed by atoms with Crippen LogP contribution in [-0.4, -0.2) is 34.5 Å². The van der Waals surface area contributed by atoms with Crippen LogP contribution in [0.15, 0.2) is 36.4 Å². The van der Waals surface area contributed by atoms with Gasteiger partial charge in [-0.2, -0.15) is 0 Å². The molecule has 5 nitrogen and oxygen atoms in total. The van der Waals surface area contributed by atoms with E-state index in [-0.39, 0.29) is 13.2 Å². The van der Waals surface area contributed by atoms with Gasteiger partial charge in [-0.3, -0.25) is 0 Å². The van der Waals surface area contributed by atoms with Gasteiger partial charge in [-0.05, 0) is 24.3 Å². The fourth-order valence-corrected chi connectivity index (χ4v) is 2.19. The highest BCUT2D eigenvalue weighted by Crippen LogP contribution is 2.40. The monoisotopic (exact) mass is 308 g/mol. The molecule has 5 heteroatoms. The van der Waals surface area contributed by atoms with Crippen molar-refractivity contribution in [3.8, 4) is 5.75 Å². The maximum absolute atomic E-state index is 10.7. The minimum Gasteiger partial charge on any atom is -0.491 e. The molecule has 0 spiro atoms. The van der Waals surface area contributed by atoms with Gasteiger partial charge >= 0.3 is 5.97 Å². The van der Waals surface area contributed by atoms with Gasteiger partial charge in [-0.25, -0.2) is 4.79 Å². The second-order valence-corrected chi connectivity index (χ2v) is 5.78. The zero-order chi connectivity index (χ0) is 16.6. The van der Waals surface area contributed by atoms with Gasteiger partial charge < -0.3 is 20.1 Å². The number of allylic oxidation sites excluding steroid dienone is 1. The highest BCUT2D eigenvalue weighted by atomic mass is 16.5. The van der Waals surface area contributed by atoms with Crippen molar-refractivity contribution < 1.29 is 24.9 Å². The number of benzene rings is 1. The molecule has 0 aliphatic heterocycles. The molecule has 1 rings (SSSR count). The lowest BCUT2D eigenvalue weighted by atomic mass is 9.78. The van der Waals surface area contributed by atoms with Crippen LogP contribution in [0.2, 0.25) is 0 Å². The van der Waals surface area contributed by atoms with Crippen molar-refractivity contribution in [2.75, 3.05) is 13.2 Å². The molecule has 1 aromatic rings. The third kappa shape index (κ3) is 5.50. The van der Waals surface area contributed by atoms with E-state index in [1.165, 1.54) is 0 Å². The lowest BCUT2D eigenvalue weighted by Crippen LogP contribution is -2.22. The fraction of sp³-hybridized carbons (Fsp3) is 0.471. The average molecular weight is 308 g/mol. The minimum atomic E-state index is -0.971. The van der Waals surface area contributed by atoms with Crippen LogP contribution in [0.4, 0.5) is 0 Å². The SMILES string of the molecule is CC(C)(CC/C=C/C(=O)O)[C@@H](O)c1ccccc1OCCO. The normalized spacial score (nSPS) is 13.3. The first kappa shape index (κ1) is 18.2. The molecule has 122 valence electrons. The largest absolute Gasteiger partial charge is 0.491 e. The zero-order valence-electron chi connectivity index (χ0n) is 13.0. The average Bonchev–Trinajstić information content (AvgIpc) is 2.49. The number of ether oxygens (including phenoxy) is 1. The smallest absolute Gasteiger partial charge is 0.327 e. The molecule has 22 heavy (non-hydrogen) atoms. The summed E-state index contributed by atoms with van der Waals surface area (Å²) in [7, 11) is 0. The first-order valence-electron chi connectivity index (χ1n) is 7.28. The van der Waals surface area contributed by atoms with Crippen LogP contribution in [0.1, 0.15) is 38.4 Å². The maximum Gasteiger partial charge on any atom is 0.327 e. The molecule has 3 N–H and O–H groups in total. The van der Waals surface area contributed by atoms with Gasteiger partial charge in [0.2, 0.25) is 0 Å². The number of rotatable bonds is 9. The van der Waals surface area contributed by atoms with Crippen LogP contribution in [0.3, 0.4) is 0 Å². The topological polar surface area (TPSA) is 87.0 Å². The Kier molecular flexibility index (Phi) is 7.08. The van der Waals surface area contributed by atoms with Crippen LogP contribution >= 0.6 is 0 Å². The molecule has 1 aromatic carbocycles. The van der Waals surface area contributed by atoms with Crippen LogP contribution in [0.25, 0.3) is 0 Å². The van der Waals surface area contributed by atoms with Crippen LogP contribution in [0, 0.1) is 5.41 Å². The number of hydrogen-bond acceptors (Lipinski definition) is 4. The number of carboxylic acids is 1. The number of aliphatic carboxylic acids is 1. The minimum absolute atomic E-state index is 0.0895. The molecule has 1 atom stereocenters. The fourth-order valence-electron chi connectivity index (χ4n) is 2.19. The Morgan fingerprint density at radius 3 is 2.68 bits per heavy atom. The Morgan fingerprint density at radius 2 is 2.05 bits per heavy atom. The molecule has 0 fully saturated rings. The van der Waals surface area contributed by atoms with Crippen molar-refractivity contribution in [3.63, 3.8) is 0 Å². The third-order valence-electron chi connectivity index (χ3n) is 3.52. The Morgan fingerprint density at radius 1 is 1.36 bits per heavy atom. The summed E-state index contributed by atoms with van der Waals surface area (Å²) in [6, 6.07) is 7.19. The molecule has 0 bridgehead atoms. The molecule has 0 unspecified atom stereocenters. The Bertz CT molecular complexity index is 508. The Labute approximate surface area is 130 Å². The third-order valence-corrected chi connectivity index (χ3v) is 3.52. The van der Waals surface area contributed by atoms with Gasteiger partial charge in [0.1, 0.15) is 12.4 Å². The van der Waals surface area contributed by atoms with E-state index in [1.807, 2.05) is 26.0 Å². The van der Waals surface area contributed by atoms with Gasteiger partial charge in [-0.1, -0.05) is 38.1 Å². The predicted molar refractivity (Wildman–Crippen MR) is 83.8 cm³/mol. The predicted octanol–water partition coefficient (Wildman–Crippen LogP) is 2.54. The van der Waals surface area contributed by atoms with Crippen molar-refractivity contribution in [3.05, 3.63) is 42.0 Å². The van der Waals surface area contributed by atoms with E-state index in [2.05, 4.69) is 0 Å². The molecule has 0 aliphatic carbocycles. The maximum atomic E-state index is 10.7. The Balaban J connectivity index is 2.80.